The fourth-order valence-electron chi connectivity index (χ4n) is 1.82. The molecular weight excluding hydrogens is 311 g/mol. The van der Waals surface area contributed by atoms with Gasteiger partial charge in [-0.3, -0.25) is 4.68 Å². The lowest BCUT2D eigenvalue weighted by molar-refractivity contribution is 0.292. The van der Waals surface area contributed by atoms with Crippen molar-refractivity contribution in [2.45, 2.75) is 25.3 Å². The van der Waals surface area contributed by atoms with Crippen LogP contribution in [0.4, 0.5) is 4.39 Å². The number of aryl methyl sites for hydroxylation is 2. The van der Waals surface area contributed by atoms with Crippen molar-refractivity contribution in [2.24, 2.45) is 7.05 Å². The van der Waals surface area contributed by atoms with Gasteiger partial charge in [-0.2, -0.15) is 5.10 Å². The highest BCUT2D eigenvalue weighted by Crippen LogP contribution is 2.23. The van der Waals surface area contributed by atoms with Gasteiger partial charge in [-0.05, 0) is 30.7 Å². The lowest BCUT2D eigenvalue weighted by Crippen LogP contribution is -2.04. The van der Waals surface area contributed by atoms with Crippen molar-refractivity contribution in [2.75, 3.05) is 0 Å². The Morgan fingerprint density at radius 1 is 1.37 bits per heavy atom. The van der Waals surface area contributed by atoms with Gasteiger partial charge in [-0.15, -0.1) is 0 Å². The summed E-state index contributed by atoms with van der Waals surface area (Å²) in [5, 5.41) is 4.93. The second-order valence-electron chi connectivity index (χ2n) is 4.28. The SMILES string of the molecule is CCc1cc(COc2ccc(F)cc2CBr)n(C)n1. The first-order valence-electron chi connectivity index (χ1n) is 6.13. The van der Waals surface area contributed by atoms with Gasteiger partial charge in [0.15, 0.2) is 0 Å². The van der Waals surface area contributed by atoms with Gasteiger partial charge in [0, 0.05) is 17.9 Å². The molecule has 0 aliphatic carbocycles. The first-order valence-corrected chi connectivity index (χ1v) is 7.25. The van der Waals surface area contributed by atoms with E-state index in [1.54, 1.807) is 6.07 Å². The van der Waals surface area contributed by atoms with E-state index in [2.05, 4.69) is 28.0 Å². The van der Waals surface area contributed by atoms with Crippen LogP contribution in [0.3, 0.4) is 0 Å². The number of hydrogen-bond acceptors (Lipinski definition) is 2. The van der Waals surface area contributed by atoms with Crippen LogP contribution in [-0.2, 0) is 25.4 Å². The molecule has 0 atom stereocenters. The second kappa shape index (κ2) is 6.19. The smallest absolute Gasteiger partial charge is 0.130 e. The Morgan fingerprint density at radius 2 is 2.16 bits per heavy atom. The van der Waals surface area contributed by atoms with Crippen molar-refractivity contribution in [1.82, 2.24) is 9.78 Å². The summed E-state index contributed by atoms with van der Waals surface area (Å²) in [5.41, 5.74) is 2.85. The highest BCUT2D eigenvalue weighted by Gasteiger charge is 2.08. The maximum absolute atomic E-state index is 13.1. The molecule has 0 spiro atoms. The normalized spacial score (nSPS) is 10.7. The zero-order valence-corrected chi connectivity index (χ0v) is 12.6. The Kier molecular flexibility index (Phi) is 4.58. The molecule has 2 rings (SSSR count). The Balaban J connectivity index is 2.11. The van der Waals surface area contributed by atoms with E-state index in [9.17, 15) is 4.39 Å². The van der Waals surface area contributed by atoms with Crippen molar-refractivity contribution in [3.05, 3.63) is 47.0 Å². The predicted molar refractivity (Wildman–Crippen MR) is 75.9 cm³/mol. The molecule has 0 unspecified atom stereocenters. The van der Waals surface area contributed by atoms with E-state index in [1.807, 2.05) is 17.8 Å². The number of nitrogens with zero attached hydrogens (tertiary/aromatic N) is 2. The minimum atomic E-state index is -0.254. The largest absolute Gasteiger partial charge is 0.487 e. The van der Waals surface area contributed by atoms with Gasteiger partial charge in [0.25, 0.3) is 0 Å². The van der Waals surface area contributed by atoms with Crippen LogP contribution < -0.4 is 4.74 Å². The van der Waals surface area contributed by atoms with E-state index in [-0.39, 0.29) is 5.82 Å². The monoisotopic (exact) mass is 326 g/mol. The summed E-state index contributed by atoms with van der Waals surface area (Å²) >= 11 is 3.33. The molecule has 1 aromatic heterocycles. The van der Waals surface area contributed by atoms with Crippen molar-refractivity contribution in [3.8, 4) is 5.75 Å². The summed E-state index contributed by atoms with van der Waals surface area (Å²) < 4.78 is 20.7. The fraction of sp³-hybridized carbons (Fsp3) is 0.357. The molecule has 3 nitrogen and oxygen atoms in total. The van der Waals surface area contributed by atoms with Gasteiger partial charge in [-0.1, -0.05) is 22.9 Å². The summed E-state index contributed by atoms with van der Waals surface area (Å²) in [6.07, 6.45) is 0.900. The number of benzene rings is 1. The molecule has 0 saturated carbocycles. The first kappa shape index (κ1) is 14.1. The third-order valence-electron chi connectivity index (χ3n) is 2.93. The number of aromatic nitrogens is 2. The number of rotatable bonds is 5. The van der Waals surface area contributed by atoms with E-state index in [0.29, 0.717) is 17.7 Å². The number of hydrogen-bond donors (Lipinski definition) is 0. The Bertz CT molecular complexity index is 569. The van der Waals surface area contributed by atoms with Gasteiger partial charge in [0.2, 0.25) is 0 Å². The summed E-state index contributed by atoms with van der Waals surface area (Å²) in [6.45, 7) is 2.49. The zero-order valence-electron chi connectivity index (χ0n) is 11.0. The van der Waals surface area contributed by atoms with Crippen molar-refractivity contribution >= 4 is 15.9 Å². The van der Waals surface area contributed by atoms with E-state index >= 15 is 0 Å². The summed E-state index contributed by atoms with van der Waals surface area (Å²) in [7, 11) is 1.90. The molecule has 0 saturated heterocycles. The van der Waals surface area contributed by atoms with Crippen molar-refractivity contribution in [3.63, 3.8) is 0 Å². The second-order valence-corrected chi connectivity index (χ2v) is 4.84. The molecule has 1 aromatic carbocycles. The maximum atomic E-state index is 13.1. The van der Waals surface area contributed by atoms with E-state index < -0.39 is 0 Å². The number of halogens is 2. The molecule has 0 radical (unpaired) electrons. The zero-order chi connectivity index (χ0) is 13.8. The van der Waals surface area contributed by atoms with Crippen molar-refractivity contribution in [1.29, 1.82) is 0 Å². The highest BCUT2D eigenvalue weighted by molar-refractivity contribution is 9.08. The maximum Gasteiger partial charge on any atom is 0.130 e. The lowest BCUT2D eigenvalue weighted by Gasteiger charge is -2.10. The quantitative estimate of drug-likeness (QED) is 0.785. The van der Waals surface area contributed by atoms with Gasteiger partial charge < -0.3 is 4.74 Å². The summed E-state index contributed by atoms with van der Waals surface area (Å²) in [4.78, 5) is 0. The molecule has 0 amide bonds. The minimum Gasteiger partial charge on any atom is -0.487 e. The third kappa shape index (κ3) is 3.35. The van der Waals surface area contributed by atoms with Crippen LogP contribution in [0.2, 0.25) is 0 Å². The third-order valence-corrected chi connectivity index (χ3v) is 3.54. The molecule has 0 aliphatic rings. The molecule has 0 aliphatic heterocycles. The number of ether oxygens (including phenoxy) is 1. The van der Waals surface area contributed by atoms with E-state index in [4.69, 9.17) is 4.74 Å². The van der Waals surface area contributed by atoms with Gasteiger partial charge in [0.1, 0.15) is 18.2 Å². The molecule has 0 bridgehead atoms. The van der Waals surface area contributed by atoms with Gasteiger partial charge in [0.05, 0.1) is 11.4 Å². The molecule has 0 N–H and O–H groups in total. The molecule has 1 heterocycles. The molecule has 0 fully saturated rings. The van der Waals surface area contributed by atoms with E-state index in [0.717, 1.165) is 23.4 Å². The Hall–Kier alpha value is -1.36. The van der Waals surface area contributed by atoms with Crippen LogP contribution in [0.25, 0.3) is 0 Å². The Morgan fingerprint density at radius 3 is 2.79 bits per heavy atom. The minimum absolute atomic E-state index is 0.254. The summed E-state index contributed by atoms with van der Waals surface area (Å²) in [6, 6.07) is 6.56. The molecule has 5 heteroatoms. The lowest BCUT2D eigenvalue weighted by atomic mass is 10.2. The standard InChI is InChI=1S/C14H16BrFN2O/c1-3-12-7-13(18(2)17-12)9-19-14-5-4-11(16)6-10(14)8-15/h4-7H,3,8-9H2,1-2H3. The average Bonchev–Trinajstić information content (AvgIpc) is 2.78. The molecular formula is C14H16BrFN2O. The van der Waals surface area contributed by atoms with Crippen LogP contribution in [-0.4, -0.2) is 9.78 Å². The van der Waals surface area contributed by atoms with Crippen LogP contribution >= 0.6 is 15.9 Å². The van der Waals surface area contributed by atoms with Crippen LogP contribution in [0.15, 0.2) is 24.3 Å². The van der Waals surface area contributed by atoms with Gasteiger partial charge >= 0.3 is 0 Å². The van der Waals surface area contributed by atoms with E-state index in [1.165, 1.54) is 12.1 Å². The fourth-order valence-corrected chi connectivity index (χ4v) is 2.26. The van der Waals surface area contributed by atoms with Crippen LogP contribution in [0.1, 0.15) is 23.9 Å². The highest BCUT2D eigenvalue weighted by atomic mass is 79.9. The average molecular weight is 327 g/mol. The molecule has 19 heavy (non-hydrogen) atoms. The van der Waals surface area contributed by atoms with Crippen molar-refractivity contribution < 1.29 is 9.13 Å². The summed E-state index contributed by atoms with van der Waals surface area (Å²) in [5.74, 6) is 0.438. The van der Waals surface area contributed by atoms with Crippen LogP contribution in [0, 0.1) is 5.82 Å². The topological polar surface area (TPSA) is 27.1 Å². The first-order chi connectivity index (χ1) is 9.13. The molecule has 2 aromatic rings. The number of alkyl halides is 1. The van der Waals surface area contributed by atoms with Crippen LogP contribution in [0.5, 0.6) is 5.75 Å². The van der Waals surface area contributed by atoms with Gasteiger partial charge in [-0.25, -0.2) is 4.39 Å². The predicted octanol–water partition coefficient (Wildman–Crippen LogP) is 3.60. The molecule has 102 valence electrons. The Labute approximate surface area is 120 Å².